The number of likely N-dealkylation sites (tertiary alicyclic amines) is 1. The molecule has 0 aliphatic carbocycles. The fourth-order valence-electron chi connectivity index (χ4n) is 3.25. The molecular weight excluding hydrogens is 308 g/mol. The van der Waals surface area contributed by atoms with Gasteiger partial charge >= 0.3 is 5.97 Å². The smallest absolute Gasteiger partial charge is 0.313 e. The molecule has 1 fully saturated rings. The van der Waals surface area contributed by atoms with Crippen LogP contribution in [-0.4, -0.2) is 55.7 Å². The molecule has 0 N–H and O–H groups in total. The van der Waals surface area contributed by atoms with Crippen LogP contribution in [0.25, 0.3) is 0 Å². The van der Waals surface area contributed by atoms with Gasteiger partial charge in [-0.1, -0.05) is 6.07 Å². The van der Waals surface area contributed by atoms with Gasteiger partial charge < -0.3 is 14.4 Å². The standard InChI is InChI=1S/C18H26N2O4/c1-14-15(5-4-10-19-14)6-7-16(21)20-11-8-18(13-20,9-12-23-2)17(22)24-3/h4-5,10H,6-9,11-13H2,1-3H3. The highest BCUT2D eigenvalue weighted by Gasteiger charge is 2.46. The highest BCUT2D eigenvalue weighted by Crippen LogP contribution is 2.35. The first-order valence-electron chi connectivity index (χ1n) is 8.28. The number of nitrogens with zero attached hydrogens (tertiary/aromatic N) is 2. The monoisotopic (exact) mass is 334 g/mol. The van der Waals surface area contributed by atoms with E-state index in [1.807, 2.05) is 19.1 Å². The summed E-state index contributed by atoms with van der Waals surface area (Å²) in [4.78, 5) is 30.8. The van der Waals surface area contributed by atoms with Crippen molar-refractivity contribution in [1.82, 2.24) is 9.88 Å². The second-order valence-corrected chi connectivity index (χ2v) is 6.33. The summed E-state index contributed by atoms with van der Waals surface area (Å²) in [5.74, 6) is -0.181. The first-order chi connectivity index (χ1) is 11.5. The van der Waals surface area contributed by atoms with Crippen LogP contribution in [0.1, 0.15) is 30.5 Å². The third-order valence-corrected chi connectivity index (χ3v) is 4.83. The summed E-state index contributed by atoms with van der Waals surface area (Å²) in [6, 6.07) is 3.88. The average Bonchev–Trinajstić information content (AvgIpc) is 3.04. The number of carbonyl (C=O) groups is 2. The third-order valence-electron chi connectivity index (χ3n) is 4.83. The SMILES string of the molecule is COCCC1(C(=O)OC)CCN(C(=O)CCc2cccnc2C)C1. The summed E-state index contributed by atoms with van der Waals surface area (Å²) < 4.78 is 10.1. The molecule has 1 aromatic heterocycles. The summed E-state index contributed by atoms with van der Waals surface area (Å²) in [7, 11) is 3.01. The van der Waals surface area contributed by atoms with Gasteiger partial charge in [0.05, 0.1) is 12.5 Å². The second-order valence-electron chi connectivity index (χ2n) is 6.33. The molecule has 24 heavy (non-hydrogen) atoms. The van der Waals surface area contributed by atoms with E-state index in [0.717, 1.165) is 11.3 Å². The van der Waals surface area contributed by atoms with Crippen LogP contribution in [0.15, 0.2) is 18.3 Å². The lowest BCUT2D eigenvalue weighted by Gasteiger charge is -2.26. The van der Waals surface area contributed by atoms with Crippen LogP contribution < -0.4 is 0 Å². The summed E-state index contributed by atoms with van der Waals surface area (Å²) >= 11 is 0. The Hall–Kier alpha value is -1.95. The maximum absolute atomic E-state index is 12.5. The Labute approximate surface area is 143 Å². The van der Waals surface area contributed by atoms with Gasteiger partial charge in [-0.3, -0.25) is 14.6 Å². The van der Waals surface area contributed by atoms with Crippen LogP contribution in [0.2, 0.25) is 0 Å². The molecule has 6 nitrogen and oxygen atoms in total. The topological polar surface area (TPSA) is 68.7 Å². The van der Waals surface area contributed by atoms with Crippen LogP contribution in [0, 0.1) is 12.3 Å². The zero-order valence-corrected chi connectivity index (χ0v) is 14.7. The number of esters is 1. The number of hydrogen-bond donors (Lipinski definition) is 0. The van der Waals surface area contributed by atoms with Crippen LogP contribution in [0.4, 0.5) is 0 Å². The van der Waals surface area contributed by atoms with Crippen LogP contribution in [0.5, 0.6) is 0 Å². The zero-order valence-electron chi connectivity index (χ0n) is 14.7. The highest BCUT2D eigenvalue weighted by molar-refractivity contribution is 5.81. The molecule has 1 amide bonds. The van der Waals surface area contributed by atoms with Crippen molar-refractivity contribution >= 4 is 11.9 Å². The Morgan fingerprint density at radius 1 is 1.38 bits per heavy atom. The fraction of sp³-hybridized carbons (Fsp3) is 0.611. The quantitative estimate of drug-likeness (QED) is 0.711. The molecule has 2 heterocycles. The van der Waals surface area contributed by atoms with Gasteiger partial charge in [-0.25, -0.2) is 0 Å². The predicted octanol–water partition coefficient (Wildman–Crippen LogP) is 1.75. The number of amides is 1. The number of ether oxygens (including phenoxy) is 2. The number of pyridine rings is 1. The molecule has 6 heteroatoms. The van der Waals surface area contributed by atoms with E-state index in [1.165, 1.54) is 7.11 Å². The minimum Gasteiger partial charge on any atom is -0.469 e. The summed E-state index contributed by atoms with van der Waals surface area (Å²) in [5, 5.41) is 0. The molecule has 0 spiro atoms. The van der Waals surface area contributed by atoms with Gasteiger partial charge in [0.2, 0.25) is 5.91 Å². The van der Waals surface area contributed by atoms with Gasteiger partial charge in [-0.15, -0.1) is 0 Å². The molecule has 1 aliphatic heterocycles. The maximum Gasteiger partial charge on any atom is 0.313 e. The van der Waals surface area contributed by atoms with Gasteiger partial charge in [0.25, 0.3) is 0 Å². The number of methoxy groups -OCH3 is 2. The van der Waals surface area contributed by atoms with Crippen molar-refractivity contribution in [1.29, 1.82) is 0 Å². The van der Waals surface area contributed by atoms with E-state index in [2.05, 4.69) is 4.98 Å². The van der Waals surface area contributed by atoms with E-state index in [-0.39, 0.29) is 11.9 Å². The molecule has 1 aliphatic rings. The fourth-order valence-corrected chi connectivity index (χ4v) is 3.25. The average molecular weight is 334 g/mol. The van der Waals surface area contributed by atoms with Crippen molar-refractivity contribution in [3.8, 4) is 0 Å². The Kier molecular flexibility index (Phi) is 6.31. The first-order valence-corrected chi connectivity index (χ1v) is 8.28. The summed E-state index contributed by atoms with van der Waals surface area (Å²) in [6.45, 7) is 3.42. The van der Waals surface area contributed by atoms with Crippen molar-refractivity contribution in [2.45, 2.75) is 32.6 Å². The second kappa shape index (κ2) is 8.24. The van der Waals surface area contributed by atoms with E-state index >= 15 is 0 Å². The lowest BCUT2D eigenvalue weighted by Crippen LogP contribution is -2.38. The molecule has 0 aromatic carbocycles. The summed E-state index contributed by atoms with van der Waals surface area (Å²) in [6.07, 6.45) is 4.04. The van der Waals surface area contributed by atoms with Crippen molar-refractivity contribution in [2.75, 3.05) is 33.9 Å². The maximum atomic E-state index is 12.5. The molecule has 132 valence electrons. The number of aromatic nitrogens is 1. The van der Waals surface area contributed by atoms with Crippen LogP contribution in [0.3, 0.4) is 0 Å². The lowest BCUT2D eigenvalue weighted by atomic mass is 9.84. The Balaban J connectivity index is 1.96. The number of carbonyl (C=O) groups excluding carboxylic acids is 2. The largest absolute Gasteiger partial charge is 0.469 e. The molecule has 1 unspecified atom stereocenters. The minimum atomic E-state index is -0.634. The molecule has 0 bridgehead atoms. The zero-order chi connectivity index (χ0) is 17.6. The highest BCUT2D eigenvalue weighted by atomic mass is 16.5. The molecule has 2 rings (SSSR count). The molecule has 1 aromatic rings. The summed E-state index contributed by atoms with van der Waals surface area (Å²) in [5.41, 5.74) is 1.41. The van der Waals surface area contributed by atoms with E-state index in [4.69, 9.17) is 9.47 Å². The van der Waals surface area contributed by atoms with Crippen LogP contribution in [-0.2, 0) is 25.5 Å². The van der Waals surface area contributed by atoms with Crippen molar-refractivity contribution < 1.29 is 19.1 Å². The minimum absolute atomic E-state index is 0.0708. The van der Waals surface area contributed by atoms with E-state index in [1.54, 1.807) is 18.2 Å². The van der Waals surface area contributed by atoms with Gasteiger partial charge in [-0.05, 0) is 37.8 Å². The molecule has 1 atom stereocenters. The Morgan fingerprint density at radius 3 is 2.83 bits per heavy atom. The van der Waals surface area contributed by atoms with Crippen molar-refractivity contribution in [3.63, 3.8) is 0 Å². The number of hydrogen-bond acceptors (Lipinski definition) is 5. The number of rotatable bonds is 7. The van der Waals surface area contributed by atoms with E-state index in [0.29, 0.717) is 45.4 Å². The normalized spacial score (nSPS) is 20.2. The van der Waals surface area contributed by atoms with Gasteiger partial charge in [0, 0.05) is 45.1 Å². The molecule has 0 saturated carbocycles. The Bertz CT molecular complexity index is 590. The predicted molar refractivity (Wildman–Crippen MR) is 89.4 cm³/mol. The third kappa shape index (κ3) is 4.12. The molecule has 1 saturated heterocycles. The van der Waals surface area contributed by atoms with Gasteiger partial charge in [-0.2, -0.15) is 0 Å². The first kappa shape index (κ1) is 18.4. The van der Waals surface area contributed by atoms with Crippen LogP contribution >= 0.6 is 0 Å². The van der Waals surface area contributed by atoms with Crippen molar-refractivity contribution in [3.05, 3.63) is 29.6 Å². The van der Waals surface area contributed by atoms with Gasteiger partial charge in [0.1, 0.15) is 0 Å². The van der Waals surface area contributed by atoms with Gasteiger partial charge in [0.15, 0.2) is 0 Å². The number of aryl methyl sites for hydroxylation is 2. The van der Waals surface area contributed by atoms with E-state index < -0.39 is 5.41 Å². The lowest BCUT2D eigenvalue weighted by molar-refractivity contribution is -0.153. The molecular formula is C18H26N2O4. The molecule has 0 radical (unpaired) electrons. The van der Waals surface area contributed by atoms with Crippen molar-refractivity contribution in [2.24, 2.45) is 5.41 Å². The van der Waals surface area contributed by atoms with E-state index in [9.17, 15) is 9.59 Å². The Morgan fingerprint density at radius 2 is 2.17 bits per heavy atom.